The number of nitrogens with zero attached hydrogens (tertiary/aromatic N) is 2. The molecule has 0 unspecified atom stereocenters. The predicted octanol–water partition coefficient (Wildman–Crippen LogP) is 5.93. The van der Waals surface area contributed by atoms with Crippen molar-refractivity contribution in [2.75, 3.05) is 5.32 Å². The lowest BCUT2D eigenvalue weighted by Crippen LogP contribution is -2.02. The molecule has 24 heavy (non-hydrogen) atoms. The lowest BCUT2D eigenvalue weighted by Gasteiger charge is -2.05. The maximum absolute atomic E-state index is 12.0. The van der Waals surface area contributed by atoms with Crippen LogP contribution in [0, 0.1) is 0 Å². The highest BCUT2D eigenvalue weighted by molar-refractivity contribution is 5.95. The van der Waals surface area contributed by atoms with Crippen molar-refractivity contribution in [1.29, 1.82) is 0 Å². The molecule has 0 aromatic heterocycles. The molecule has 0 saturated heterocycles. The summed E-state index contributed by atoms with van der Waals surface area (Å²) in [5.74, 6) is 0.272. The fourth-order valence-electron chi connectivity index (χ4n) is 2.64. The zero-order valence-corrected chi connectivity index (χ0v) is 13.6. The molecular weight excluding hydrogens is 298 g/mol. The normalized spacial score (nSPS) is 17.2. The first-order valence-corrected chi connectivity index (χ1v) is 8.37. The first-order chi connectivity index (χ1) is 11.8. The van der Waals surface area contributed by atoms with Gasteiger partial charge >= 0.3 is 0 Å². The van der Waals surface area contributed by atoms with E-state index in [1.54, 1.807) is 0 Å². The molecule has 0 atom stereocenters. The van der Waals surface area contributed by atoms with Crippen molar-refractivity contribution in [2.24, 2.45) is 10.2 Å². The van der Waals surface area contributed by atoms with Crippen LogP contribution in [-0.2, 0) is 4.79 Å². The Morgan fingerprint density at radius 1 is 0.792 bits per heavy atom. The number of nitrogens with one attached hydrogen (secondary N) is 1. The summed E-state index contributed by atoms with van der Waals surface area (Å²) in [6, 6.07) is 17.3. The number of ketones is 1. The molecule has 4 heteroatoms. The minimum absolute atomic E-state index is 0.272. The molecule has 1 fully saturated rings. The zero-order valence-electron chi connectivity index (χ0n) is 13.6. The van der Waals surface area contributed by atoms with Gasteiger partial charge in [-0.15, -0.1) is 0 Å². The Balaban J connectivity index is 1.62. The number of hydrogen-bond acceptors (Lipinski definition) is 4. The van der Waals surface area contributed by atoms with Crippen molar-refractivity contribution < 1.29 is 4.79 Å². The van der Waals surface area contributed by atoms with Crippen LogP contribution >= 0.6 is 0 Å². The van der Waals surface area contributed by atoms with Gasteiger partial charge in [0.2, 0.25) is 0 Å². The summed E-state index contributed by atoms with van der Waals surface area (Å²) in [5, 5.41) is 11.6. The Labute approximate surface area is 142 Å². The first-order valence-electron chi connectivity index (χ1n) is 8.37. The van der Waals surface area contributed by atoms with Gasteiger partial charge in [0.1, 0.15) is 0 Å². The van der Waals surface area contributed by atoms with Gasteiger partial charge in [-0.25, -0.2) is 0 Å². The molecule has 1 N–H and O–H groups in total. The zero-order chi connectivity index (χ0) is 16.6. The fraction of sp³-hybridized carbons (Fsp3) is 0.250. The number of azo groups is 1. The van der Waals surface area contributed by atoms with Gasteiger partial charge in [-0.05, 0) is 55.7 Å². The van der Waals surface area contributed by atoms with Crippen molar-refractivity contribution in [3.63, 3.8) is 0 Å². The summed E-state index contributed by atoms with van der Waals surface area (Å²) < 4.78 is 0. The monoisotopic (exact) mass is 319 g/mol. The Bertz CT molecular complexity index is 733. The maximum Gasteiger partial charge on any atom is 0.160 e. The number of carbonyl (C=O) groups excluding carboxylic acids is 1. The summed E-state index contributed by atoms with van der Waals surface area (Å²) in [6.45, 7) is 0. The van der Waals surface area contributed by atoms with Crippen LogP contribution < -0.4 is 5.32 Å². The van der Waals surface area contributed by atoms with Crippen molar-refractivity contribution in [3.8, 4) is 0 Å². The third kappa shape index (κ3) is 4.62. The minimum atomic E-state index is 0.272. The average molecular weight is 319 g/mol. The van der Waals surface area contributed by atoms with E-state index in [4.69, 9.17) is 0 Å². The molecule has 0 heterocycles. The van der Waals surface area contributed by atoms with Gasteiger partial charge in [0.15, 0.2) is 5.78 Å². The second kappa shape index (κ2) is 8.20. The van der Waals surface area contributed by atoms with Gasteiger partial charge in [0, 0.05) is 23.9 Å². The molecule has 1 saturated carbocycles. The number of benzene rings is 2. The Kier molecular flexibility index (Phi) is 5.51. The van der Waals surface area contributed by atoms with Crippen molar-refractivity contribution >= 4 is 22.8 Å². The van der Waals surface area contributed by atoms with Crippen LogP contribution in [0.15, 0.2) is 76.6 Å². The molecule has 0 radical (unpaired) electrons. The number of rotatable bonds is 4. The standard InChI is InChI=1S/C20H21N3O/c24-20-10-6-1-3-7-16(20)15-21-17-11-13-19(14-12-17)23-22-18-8-4-2-5-9-18/h2,4-5,8-9,11-15,21H,1,3,6-7,10H2/b16-15+,23-22?. The lowest BCUT2D eigenvalue weighted by atomic mass is 10.1. The van der Waals surface area contributed by atoms with Crippen LogP contribution in [0.2, 0.25) is 0 Å². The largest absolute Gasteiger partial charge is 0.361 e. The van der Waals surface area contributed by atoms with Crippen LogP contribution in [0.3, 0.4) is 0 Å². The van der Waals surface area contributed by atoms with Crippen molar-refractivity contribution in [3.05, 3.63) is 66.4 Å². The second-order valence-electron chi connectivity index (χ2n) is 5.88. The van der Waals surface area contributed by atoms with Crippen LogP contribution in [-0.4, -0.2) is 5.78 Å². The molecular formula is C20H21N3O. The molecule has 122 valence electrons. The number of anilines is 1. The molecule has 1 aliphatic rings. The molecule has 0 amide bonds. The van der Waals surface area contributed by atoms with Crippen LogP contribution in [0.5, 0.6) is 0 Å². The van der Waals surface area contributed by atoms with E-state index in [2.05, 4.69) is 15.5 Å². The third-order valence-electron chi connectivity index (χ3n) is 4.03. The molecule has 1 aliphatic carbocycles. The summed E-state index contributed by atoms with van der Waals surface area (Å²) in [7, 11) is 0. The van der Waals surface area contributed by atoms with E-state index in [0.29, 0.717) is 6.42 Å². The lowest BCUT2D eigenvalue weighted by molar-refractivity contribution is -0.115. The number of Topliss-reactive ketones (excluding diaryl/α,β-unsaturated/α-hetero) is 1. The van der Waals surface area contributed by atoms with E-state index in [1.165, 1.54) is 0 Å². The molecule has 0 spiro atoms. The highest BCUT2D eigenvalue weighted by Gasteiger charge is 2.12. The maximum atomic E-state index is 12.0. The molecule has 3 rings (SSSR count). The van der Waals surface area contributed by atoms with Crippen molar-refractivity contribution in [2.45, 2.75) is 32.1 Å². The highest BCUT2D eigenvalue weighted by Crippen LogP contribution is 2.22. The van der Waals surface area contributed by atoms with Crippen molar-refractivity contribution in [1.82, 2.24) is 0 Å². The summed E-state index contributed by atoms with van der Waals surface area (Å²) >= 11 is 0. The Hall–Kier alpha value is -2.75. The summed E-state index contributed by atoms with van der Waals surface area (Å²) in [5.41, 5.74) is 3.47. The smallest absolute Gasteiger partial charge is 0.160 e. The van der Waals surface area contributed by atoms with Crippen LogP contribution in [0.1, 0.15) is 32.1 Å². The SMILES string of the molecule is O=C1CCCCC/C1=C\Nc1ccc(N=Nc2ccccc2)cc1. The third-order valence-corrected chi connectivity index (χ3v) is 4.03. The first kappa shape index (κ1) is 16.1. The number of allylic oxidation sites excluding steroid dienone is 1. The molecule has 4 nitrogen and oxygen atoms in total. The molecule has 0 aliphatic heterocycles. The van der Waals surface area contributed by atoms with Gasteiger partial charge in [0.05, 0.1) is 11.4 Å². The Morgan fingerprint density at radius 2 is 1.46 bits per heavy atom. The van der Waals surface area contributed by atoms with Crippen LogP contribution in [0.4, 0.5) is 17.1 Å². The summed E-state index contributed by atoms with van der Waals surface area (Å²) in [6.07, 6.45) is 6.65. The molecule has 2 aromatic carbocycles. The number of carbonyl (C=O) groups is 1. The predicted molar refractivity (Wildman–Crippen MR) is 96.9 cm³/mol. The second-order valence-corrected chi connectivity index (χ2v) is 5.88. The van der Waals surface area contributed by atoms with E-state index in [1.807, 2.05) is 60.8 Å². The highest BCUT2D eigenvalue weighted by atomic mass is 16.1. The average Bonchev–Trinajstić information content (AvgIpc) is 2.84. The van der Waals surface area contributed by atoms with E-state index < -0.39 is 0 Å². The quantitative estimate of drug-likeness (QED) is 0.431. The van der Waals surface area contributed by atoms with E-state index >= 15 is 0 Å². The van der Waals surface area contributed by atoms with E-state index in [-0.39, 0.29) is 5.78 Å². The fourth-order valence-corrected chi connectivity index (χ4v) is 2.64. The minimum Gasteiger partial charge on any atom is -0.361 e. The van der Waals surface area contributed by atoms with E-state index in [9.17, 15) is 4.79 Å². The van der Waals surface area contributed by atoms with E-state index in [0.717, 1.165) is 48.3 Å². The topological polar surface area (TPSA) is 53.8 Å². The van der Waals surface area contributed by atoms with Gasteiger partial charge in [0.25, 0.3) is 0 Å². The van der Waals surface area contributed by atoms with Gasteiger partial charge in [-0.1, -0.05) is 24.6 Å². The van der Waals surface area contributed by atoms with Gasteiger partial charge < -0.3 is 5.32 Å². The van der Waals surface area contributed by atoms with Gasteiger partial charge in [-0.3, -0.25) is 4.79 Å². The molecule has 0 bridgehead atoms. The van der Waals surface area contributed by atoms with Gasteiger partial charge in [-0.2, -0.15) is 10.2 Å². The summed E-state index contributed by atoms with van der Waals surface area (Å²) in [4.78, 5) is 12.0. The van der Waals surface area contributed by atoms with Crippen LogP contribution in [0.25, 0.3) is 0 Å². The molecule has 2 aromatic rings. The Morgan fingerprint density at radius 3 is 2.21 bits per heavy atom. The number of hydrogen-bond donors (Lipinski definition) is 1.